The molecule has 0 unspecified atom stereocenters. The number of benzene rings is 2. The van der Waals surface area contributed by atoms with Crippen molar-refractivity contribution in [3.05, 3.63) is 70.9 Å². The van der Waals surface area contributed by atoms with Crippen LogP contribution in [0.5, 0.6) is 5.75 Å². The predicted octanol–water partition coefficient (Wildman–Crippen LogP) is 4.80. The second kappa shape index (κ2) is 7.85. The molecule has 1 heterocycles. The van der Waals surface area contributed by atoms with E-state index in [-0.39, 0.29) is 0 Å². The Morgan fingerprint density at radius 1 is 1.12 bits per heavy atom. The number of aryl methyl sites for hydroxylation is 1. The SMILES string of the molecule is COc1ccc(Nc2ccnc(NCc3ccccc3C)n2)cc1Cl. The molecule has 0 bridgehead atoms. The molecule has 128 valence electrons. The summed E-state index contributed by atoms with van der Waals surface area (Å²) in [5.74, 6) is 1.88. The van der Waals surface area contributed by atoms with Gasteiger partial charge in [-0.15, -0.1) is 0 Å². The molecule has 0 fully saturated rings. The van der Waals surface area contributed by atoms with Crippen molar-refractivity contribution < 1.29 is 4.74 Å². The third kappa shape index (κ3) is 4.39. The van der Waals surface area contributed by atoms with Crippen molar-refractivity contribution >= 4 is 29.1 Å². The Labute approximate surface area is 152 Å². The lowest BCUT2D eigenvalue weighted by Gasteiger charge is -2.10. The monoisotopic (exact) mass is 354 g/mol. The summed E-state index contributed by atoms with van der Waals surface area (Å²) in [4.78, 5) is 8.74. The Balaban J connectivity index is 1.69. The summed E-state index contributed by atoms with van der Waals surface area (Å²) in [7, 11) is 1.59. The maximum Gasteiger partial charge on any atom is 0.224 e. The van der Waals surface area contributed by atoms with E-state index in [2.05, 4.69) is 39.7 Å². The van der Waals surface area contributed by atoms with Crippen LogP contribution in [-0.4, -0.2) is 17.1 Å². The van der Waals surface area contributed by atoms with Crippen LogP contribution in [0.25, 0.3) is 0 Å². The number of nitrogens with zero attached hydrogens (tertiary/aromatic N) is 2. The molecule has 2 aromatic carbocycles. The highest BCUT2D eigenvalue weighted by molar-refractivity contribution is 6.32. The van der Waals surface area contributed by atoms with E-state index in [0.29, 0.717) is 29.1 Å². The average Bonchev–Trinajstić information content (AvgIpc) is 2.62. The van der Waals surface area contributed by atoms with Gasteiger partial charge in [-0.3, -0.25) is 0 Å². The van der Waals surface area contributed by atoms with Crippen molar-refractivity contribution in [1.82, 2.24) is 9.97 Å². The fraction of sp³-hybridized carbons (Fsp3) is 0.158. The predicted molar refractivity (Wildman–Crippen MR) is 102 cm³/mol. The summed E-state index contributed by atoms with van der Waals surface area (Å²) in [6.07, 6.45) is 1.71. The first kappa shape index (κ1) is 17.0. The van der Waals surface area contributed by atoms with Crippen LogP contribution in [0.3, 0.4) is 0 Å². The molecule has 25 heavy (non-hydrogen) atoms. The highest BCUT2D eigenvalue weighted by Crippen LogP contribution is 2.28. The highest BCUT2D eigenvalue weighted by atomic mass is 35.5. The zero-order valence-corrected chi connectivity index (χ0v) is 14.8. The van der Waals surface area contributed by atoms with Crippen LogP contribution in [0.2, 0.25) is 5.02 Å². The van der Waals surface area contributed by atoms with Gasteiger partial charge in [0.25, 0.3) is 0 Å². The summed E-state index contributed by atoms with van der Waals surface area (Å²) in [6, 6.07) is 15.5. The third-order valence-electron chi connectivity index (χ3n) is 3.78. The Morgan fingerprint density at radius 3 is 2.72 bits per heavy atom. The second-order valence-corrected chi connectivity index (χ2v) is 5.93. The number of nitrogens with one attached hydrogen (secondary N) is 2. The molecular weight excluding hydrogens is 336 g/mol. The van der Waals surface area contributed by atoms with E-state index in [1.165, 1.54) is 11.1 Å². The van der Waals surface area contributed by atoms with E-state index in [4.69, 9.17) is 16.3 Å². The topological polar surface area (TPSA) is 59.1 Å². The molecule has 0 saturated carbocycles. The number of ether oxygens (including phenoxy) is 1. The number of hydrogen-bond acceptors (Lipinski definition) is 5. The zero-order valence-electron chi connectivity index (χ0n) is 14.1. The van der Waals surface area contributed by atoms with Gasteiger partial charge in [-0.1, -0.05) is 35.9 Å². The van der Waals surface area contributed by atoms with Crippen molar-refractivity contribution in [2.24, 2.45) is 0 Å². The smallest absolute Gasteiger partial charge is 0.224 e. The first-order valence-electron chi connectivity index (χ1n) is 7.87. The molecule has 0 saturated heterocycles. The summed E-state index contributed by atoms with van der Waals surface area (Å²) < 4.78 is 5.16. The highest BCUT2D eigenvalue weighted by Gasteiger charge is 2.04. The molecule has 0 spiro atoms. The van der Waals surface area contributed by atoms with Crippen molar-refractivity contribution in [3.63, 3.8) is 0 Å². The number of anilines is 3. The number of halogens is 1. The van der Waals surface area contributed by atoms with Gasteiger partial charge in [0.2, 0.25) is 5.95 Å². The van der Waals surface area contributed by atoms with Crippen LogP contribution in [0, 0.1) is 6.92 Å². The van der Waals surface area contributed by atoms with Gasteiger partial charge in [-0.05, 0) is 42.3 Å². The van der Waals surface area contributed by atoms with E-state index in [1.54, 1.807) is 25.4 Å². The number of methoxy groups -OCH3 is 1. The molecule has 0 aliphatic heterocycles. The largest absolute Gasteiger partial charge is 0.495 e. The summed E-state index contributed by atoms with van der Waals surface area (Å²) in [6.45, 7) is 2.76. The maximum absolute atomic E-state index is 6.15. The third-order valence-corrected chi connectivity index (χ3v) is 4.07. The quantitative estimate of drug-likeness (QED) is 0.665. The first-order valence-corrected chi connectivity index (χ1v) is 8.25. The molecule has 3 aromatic rings. The van der Waals surface area contributed by atoms with Crippen LogP contribution in [-0.2, 0) is 6.54 Å². The van der Waals surface area contributed by atoms with Crippen LogP contribution in [0.4, 0.5) is 17.5 Å². The lowest BCUT2D eigenvalue weighted by Crippen LogP contribution is -2.06. The lowest BCUT2D eigenvalue weighted by atomic mass is 10.1. The first-order chi connectivity index (χ1) is 12.2. The van der Waals surface area contributed by atoms with E-state index in [0.717, 1.165) is 5.69 Å². The molecule has 6 heteroatoms. The van der Waals surface area contributed by atoms with E-state index in [9.17, 15) is 0 Å². The maximum atomic E-state index is 6.15. The van der Waals surface area contributed by atoms with Gasteiger partial charge in [0, 0.05) is 18.4 Å². The van der Waals surface area contributed by atoms with Gasteiger partial charge in [0.15, 0.2) is 0 Å². The molecule has 0 radical (unpaired) electrons. The fourth-order valence-electron chi connectivity index (χ4n) is 2.39. The Hall–Kier alpha value is -2.79. The zero-order chi connectivity index (χ0) is 17.6. The summed E-state index contributed by atoms with van der Waals surface area (Å²) >= 11 is 6.15. The van der Waals surface area contributed by atoms with Crippen molar-refractivity contribution in [2.45, 2.75) is 13.5 Å². The van der Waals surface area contributed by atoms with E-state index >= 15 is 0 Å². The van der Waals surface area contributed by atoms with Gasteiger partial charge in [0.1, 0.15) is 11.6 Å². The number of hydrogen-bond donors (Lipinski definition) is 2. The standard InChI is InChI=1S/C19H19ClN4O/c1-13-5-3-4-6-14(13)12-22-19-21-10-9-18(24-19)23-15-7-8-17(25-2)16(20)11-15/h3-11H,12H2,1-2H3,(H2,21,22,23,24). The normalized spacial score (nSPS) is 10.4. The summed E-state index contributed by atoms with van der Waals surface area (Å²) in [5, 5.41) is 7.01. The Kier molecular flexibility index (Phi) is 5.36. The minimum Gasteiger partial charge on any atom is -0.495 e. The lowest BCUT2D eigenvalue weighted by molar-refractivity contribution is 0.415. The summed E-state index contributed by atoms with van der Waals surface area (Å²) in [5.41, 5.74) is 3.28. The molecular formula is C19H19ClN4O. The van der Waals surface area contributed by atoms with Gasteiger partial charge >= 0.3 is 0 Å². The number of aromatic nitrogens is 2. The van der Waals surface area contributed by atoms with Crippen LogP contribution >= 0.6 is 11.6 Å². The molecule has 3 rings (SSSR count). The van der Waals surface area contributed by atoms with Crippen LogP contribution in [0.1, 0.15) is 11.1 Å². The van der Waals surface area contributed by atoms with Gasteiger partial charge in [-0.25, -0.2) is 4.98 Å². The van der Waals surface area contributed by atoms with Gasteiger partial charge < -0.3 is 15.4 Å². The van der Waals surface area contributed by atoms with Gasteiger partial charge in [-0.2, -0.15) is 4.98 Å². The molecule has 0 aliphatic carbocycles. The Bertz CT molecular complexity index is 870. The minimum atomic E-state index is 0.541. The molecule has 0 amide bonds. The van der Waals surface area contributed by atoms with Crippen molar-refractivity contribution in [2.75, 3.05) is 17.7 Å². The van der Waals surface area contributed by atoms with E-state index < -0.39 is 0 Å². The Morgan fingerprint density at radius 2 is 1.96 bits per heavy atom. The minimum absolute atomic E-state index is 0.541. The molecule has 1 aromatic heterocycles. The van der Waals surface area contributed by atoms with Gasteiger partial charge in [0.05, 0.1) is 12.1 Å². The molecule has 2 N–H and O–H groups in total. The fourth-order valence-corrected chi connectivity index (χ4v) is 2.65. The average molecular weight is 355 g/mol. The second-order valence-electron chi connectivity index (χ2n) is 5.52. The molecule has 0 aliphatic rings. The molecule has 0 atom stereocenters. The van der Waals surface area contributed by atoms with Crippen LogP contribution < -0.4 is 15.4 Å². The van der Waals surface area contributed by atoms with E-state index in [1.807, 2.05) is 24.3 Å². The molecule has 5 nitrogen and oxygen atoms in total. The van der Waals surface area contributed by atoms with Crippen LogP contribution in [0.15, 0.2) is 54.7 Å². The van der Waals surface area contributed by atoms with Crippen molar-refractivity contribution in [3.8, 4) is 5.75 Å². The number of rotatable bonds is 6. The van der Waals surface area contributed by atoms with Crippen molar-refractivity contribution in [1.29, 1.82) is 0 Å².